The molecule has 0 saturated carbocycles. The van der Waals surface area contributed by atoms with Crippen LogP contribution in [0.1, 0.15) is 17.5 Å². The van der Waals surface area contributed by atoms with Gasteiger partial charge in [0.25, 0.3) is 0 Å². The van der Waals surface area contributed by atoms with E-state index < -0.39 is 0 Å². The fourth-order valence-electron chi connectivity index (χ4n) is 3.13. The van der Waals surface area contributed by atoms with Crippen molar-refractivity contribution in [2.75, 3.05) is 10.8 Å². The zero-order chi connectivity index (χ0) is 15.8. The third-order valence-electron chi connectivity index (χ3n) is 4.23. The zero-order valence-corrected chi connectivity index (χ0v) is 13.2. The van der Waals surface area contributed by atoms with E-state index in [-0.39, 0.29) is 11.8 Å². The minimum atomic E-state index is -0.194. The maximum Gasteiger partial charge on any atom is 0.247 e. The topological polar surface area (TPSA) is 46.3 Å². The molecule has 0 N–H and O–H groups in total. The summed E-state index contributed by atoms with van der Waals surface area (Å²) in [6.07, 6.45) is 4.92. The maximum atomic E-state index is 12.4. The predicted molar refractivity (Wildman–Crippen MR) is 90.3 cm³/mol. The minimum Gasteiger partial charge on any atom is -0.463 e. The normalized spacial score (nSPS) is 13.3. The molecular formula is C18H15ClN2O2. The van der Waals surface area contributed by atoms with E-state index in [1.165, 1.54) is 17.5 Å². The summed E-state index contributed by atoms with van der Waals surface area (Å²) in [5.41, 5.74) is 4.90. The first-order valence-electron chi connectivity index (χ1n) is 7.61. The Kier molecular flexibility index (Phi) is 3.54. The smallest absolute Gasteiger partial charge is 0.247 e. The molecule has 0 saturated heterocycles. The number of carbonyl (C=O) groups is 1. The standard InChI is InChI=1S/C18H15ClN2O2/c19-11-18(22)21(14-5-4-12-2-1-3-13(12)10-14)17-7-6-16-15(20-17)8-9-23-16/h4-10H,1-3,11H2. The molecule has 5 heteroatoms. The Bertz CT molecular complexity index is 888. The van der Waals surface area contributed by atoms with Crippen LogP contribution in [0.15, 0.2) is 47.1 Å². The molecule has 1 aliphatic carbocycles. The first-order valence-corrected chi connectivity index (χ1v) is 8.15. The van der Waals surface area contributed by atoms with E-state index in [1.807, 2.05) is 12.1 Å². The Balaban J connectivity index is 1.82. The number of hydrogen-bond acceptors (Lipinski definition) is 3. The lowest BCUT2D eigenvalue weighted by Gasteiger charge is -2.21. The van der Waals surface area contributed by atoms with Crippen molar-refractivity contribution in [3.05, 3.63) is 53.8 Å². The summed E-state index contributed by atoms with van der Waals surface area (Å²) < 4.78 is 5.31. The highest BCUT2D eigenvalue weighted by Crippen LogP contribution is 2.31. The fraction of sp³-hybridized carbons (Fsp3) is 0.222. The molecule has 1 aliphatic rings. The number of furan rings is 1. The van der Waals surface area contributed by atoms with Gasteiger partial charge in [0.05, 0.1) is 12.0 Å². The van der Waals surface area contributed by atoms with Gasteiger partial charge in [0, 0.05) is 6.07 Å². The third-order valence-corrected chi connectivity index (χ3v) is 4.45. The molecule has 3 aromatic rings. The second-order valence-corrected chi connectivity index (χ2v) is 5.91. The number of carbonyl (C=O) groups excluding carboxylic acids is 1. The van der Waals surface area contributed by atoms with E-state index in [1.54, 1.807) is 23.3 Å². The Morgan fingerprint density at radius 2 is 2.04 bits per heavy atom. The number of fused-ring (bicyclic) bond motifs is 2. The van der Waals surface area contributed by atoms with Gasteiger partial charge in [-0.25, -0.2) is 4.98 Å². The molecule has 23 heavy (non-hydrogen) atoms. The number of hydrogen-bond donors (Lipinski definition) is 0. The van der Waals surface area contributed by atoms with Gasteiger partial charge < -0.3 is 4.42 Å². The van der Waals surface area contributed by atoms with Crippen molar-refractivity contribution in [2.45, 2.75) is 19.3 Å². The van der Waals surface area contributed by atoms with Gasteiger partial charge in [-0.05, 0) is 54.7 Å². The minimum absolute atomic E-state index is 0.0951. The monoisotopic (exact) mass is 326 g/mol. The first-order chi connectivity index (χ1) is 11.3. The van der Waals surface area contributed by atoms with E-state index in [9.17, 15) is 4.79 Å². The molecule has 1 amide bonds. The second-order valence-electron chi connectivity index (χ2n) is 5.64. The average Bonchev–Trinajstić information content (AvgIpc) is 3.22. The SMILES string of the molecule is O=C(CCl)N(c1ccc2c(c1)CCC2)c1ccc2occc2n1. The lowest BCUT2D eigenvalue weighted by atomic mass is 10.1. The molecule has 2 aromatic heterocycles. The number of amides is 1. The van der Waals surface area contributed by atoms with Crippen LogP contribution in [-0.2, 0) is 17.6 Å². The van der Waals surface area contributed by atoms with Gasteiger partial charge in [0.15, 0.2) is 5.58 Å². The summed E-state index contributed by atoms with van der Waals surface area (Å²) in [6, 6.07) is 11.5. The fourth-order valence-corrected chi connectivity index (χ4v) is 3.25. The Hall–Kier alpha value is -2.33. The highest BCUT2D eigenvalue weighted by Gasteiger charge is 2.21. The Labute approximate surface area is 138 Å². The summed E-state index contributed by atoms with van der Waals surface area (Å²) in [5, 5.41) is 0. The highest BCUT2D eigenvalue weighted by molar-refractivity contribution is 6.30. The quantitative estimate of drug-likeness (QED) is 0.677. The van der Waals surface area contributed by atoms with Crippen LogP contribution in [0.25, 0.3) is 11.1 Å². The lowest BCUT2D eigenvalue weighted by molar-refractivity contribution is -0.115. The van der Waals surface area contributed by atoms with Crippen LogP contribution in [0.4, 0.5) is 11.5 Å². The molecule has 0 aliphatic heterocycles. The number of halogens is 1. The number of pyridine rings is 1. The van der Waals surface area contributed by atoms with Gasteiger partial charge in [-0.2, -0.15) is 0 Å². The predicted octanol–water partition coefficient (Wildman–Crippen LogP) is 4.22. The van der Waals surface area contributed by atoms with Crippen molar-refractivity contribution < 1.29 is 9.21 Å². The number of rotatable bonds is 3. The highest BCUT2D eigenvalue weighted by atomic mass is 35.5. The number of benzene rings is 1. The van der Waals surface area contributed by atoms with E-state index in [0.717, 1.165) is 24.0 Å². The Morgan fingerprint density at radius 3 is 2.91 bits per heavy atom. The number of anilines is 2. The maximum absolute atomic E-state index is 12.4. The summed E-state index contributed by atoms with van der Waals surface area (Å²) in [5.74, 6) is 0.268. The molecule has 0 spiro atoms. The number of aromatic nitrogens is 1. The van der Waals surface area contributed by atoms with E-state index in [2.05, 4.69) is 17.1 Å². The molecular weight excluding hydrogens is 312 g/mol. The molecule has 4 rings (SSSR count). The van der Waals surface area contributed by atoms with E-state index in [4.69, 9.17) is 16.0 Å². The summed E-state index contributed by atoms with van der Waals surface area (Å²) >= 11 is 5.82. The van der Waals surface area contributed by atoms with Crippen LogP contribution >= 0.6 is 11.6 Å². The van der Waals surface area contributed by atoms with Crippen molar-refractivity contribution in [3.8, 4) is 0 Å². The van der Waals surface area contributed by atoms with Crippen molar-refractivity contribution in [1.82, 2.24) is 4.98 Å². The van der Waals surface area contributed by atoms with Gasteiger partial charge in [0.2, 0.25) is 5.91 Å². The molecule has 2 heterocycles. The first kappa shape index (κ1) is 14.3. The number of nitrogens with zero attached hydrogens (tertiary/aromatic N) is 2. The van der Waals surface area contributed by atoms with Crippen LogP contribution in [0.3, 0.4) is 0 Å². The number of aryl methyl sites for hydroxylation is 2. The van der Waals surface area contributed by atoms with Crippen LogP contribution < -0.4 is 4.90 Å². The summed E-state index contributed by atoms with van der Waals surface area (Å²) in [6.45, 7) is 0. The molecule has 4 nitrogen and oxygen atoms in total. The Morgan fingerprint density at radius 1 is 1.17 bits per heavy atom. The van der Waals surface area contributed by atoms with Crippen LogP contribution in [0.5, 0.6) is 0 Å². The van der Waals surface area contributed by atoms with E-state index >= 15 is 0 Å². The van der Waals surface area contributed by atoms with Gasteiger partial charge in [-0.15, -0.1) is 11.6 Å². The van der Waals surface area contributed by atoms with Crippen molar-refractivity contribution in [2.24, 2.45) is 0 Å². The van der Waals surface area contributed by atoms with E-state index in [0.29, 0.717) is 11.4 Å². The molecule has 1 aromatic carbocycles. The zero-order valence-electron chi connectivity index (χ0n) is 12.5. The van der Waals surface area contributed by atoms with Crippen LogP contribution in [0.2, 0.25) is 0 Å². The summed E-state index contributed by atoms with van der Waals surface area (Å²) in [7, 11) is 0. The van der Waals surface area contributed by atoms with Crippen molar-refractivity contribution in [1.29, 1.82) is 0 Å². The van der Waals surface area contributed by atoms with Gasteiger partial charge in [-0.3, -0.25) is 9.69 Å². The molecule has 0 radical (unpaired) electrons. The largest absolute Gasteiger partial charge is 0.463 e. The number of alkyl halides is 1. The van der Waals surface area contributed by atoms with Gasteiger partial charge in [-0.1, -0.05) is 6.07 Å². The van der Waals surface area contributed by atoms with Crippen LogP contribution in [-0.4, -0.2) is 16.8 Å². The molecule has 0 fully saturated rings. The van der Waals surface area contributed by atoms with Gasteiger partial charge in [0.1, 0.15) is 17.2 Å². The molecule has 0 unspecified atom stereocenters. The van der Waals surface area contributed by atoms with Crippen molar-refractivity contribution in [3.63, 3.8) is 0 Å². The third kappa shape index (κ3) is 2.49. The van der Waals surface area contributed by atoms with Crippen molar-refractivity contribution >= 4 is 40.1 Å². The average molecular weight is 327 g/mol. The molecule has 116 valence electrons. The lowest BCUT2D eigenvalue weighted by Crippen LogP contribution is -2.27. The van der Waals surface area contributed by atoms with Gasteiger partial charge >= 0.3 is 0 Å². The second kappa shape index (κ2) is 5.70. The molecule has 0 atom stereocenters. The molecule has 0 bridgehead atoms. The summed E-state index contributed by atoms with van der Waals surface area (Å²) in [4.78, 5) is 18.5. The van der Waals surface area contributed by atoms with Crippen LogP contribution in [0, 0.1) is 0 Å².